The van der Waals surface area contributed by atoms with Crippen LogP contribution in [0.25, 0.3) is 0 Å². The zero-order valence-corrected chi connectivity index (χ0v) is 13.3. The predicted octanol–water partition coefficient (Wildman–Crippen LogP) is 1.77. The standard InChI is InChI=1S/C15H25NO5/c1-6-20-13(18)10-7-11(9(2)12(17)8-10)16-14(19)21-15(3,4)5/h8-9,11-12,17H,6-7H2,1-5H3,(H,16,19)/t9-,11+,12-/m1/s1. The third kappa shape index (κ3) is 5.38. The van der Waals surface area contributed by atoms with E-state index in [9.17, 15) is 14.7 Å². The number of nitrogens with one attached hydrogen (secondary N) is 1. The molecule has 0 spiro atoms. The summed E-state index contributed by atoms with van der Waals surface area (Å²) in [6.45, 7) is 9.12. The van der Waals surface area contributed by atoms with Crippen LogP contribution >= 0.6 is 0 Å². The molecule has 0 unspecified atom stereocenters. The molecule has 1 aliphatic rings. The summed E-state index contributed by atoms with van der Waals surface area (Å²) < 4.78 is 10.1. The van der Waals surface area contributed by atoms with Crippen molar-refractivity contribution in [2.45, 2.75) is 58.8 Å². The van der Waals surface area contributed by atoms with Crippen molar-refractivity contribution < 1.29 is 24.2 Å². The Morgan fingerprint density at radius 2 is 2.05 bits per heavy atom. The first-order valence-corrected chi connectivity index (χ1v) is 7.19. The van der Waals surface area contributed by atoms with Crippen molar-refractivity contribution in [3.63, 3.8) is 0 Å². The molecule has 6 nitrogen and oxygen atoms in total. The van der Waals surface area contributed by atoms with Crippen molar-refractivity contribution in [1.82, 2.24) is 5.32 Å². The summed E-state index contributed by atoms with van der Waals surface area (Å²) >= 11 is 0. The quantitative estimate of drug-likeness (QED) is 0.776. The molecule has 0 heterocycles. The lowest BCUT2D eigenvalue weighted by molar-refractivity contribution is -0.139. The number of alkyl carbamates (subject to hydrolysis) is 1. The van der Waals surface area contributed by atoms with Crippen LogP contribution in [0.2, 0.25) is 0 Å². The summed E-state index contributed by atoms with van der Waals surface area (Å²) in [5.74, 6) is -0.671. The molecule has 0 saturated heterocycles. The van der Waals surface area contributed by atoms with E-state index in [2.05, 4.69) is 5.32 Å². The number of rotatable bonds is 3. The van der Waals surface area contributed by atoms with E-state index in [-0.39, 0.29) is 18.6 Å². The molecule has 0 aromatic heterocycles. The van der Waals surface area contributed by atoms with E-state index in [1.54, 1.807) is 27.7 Å². The molecule has 120 valence electrons. The number of esters is 1. The van der Waals surface area contributed by atoms with E-state index in [0.29, 0.717) is 12.0 Å². The summed E-state index contributed by atoms with van der Waals surface area (Å²) in [4.78, 5) is 23.6. The van der Waals surface area contributed by atoms with Crippen LogP contribution in [0.3, 0.4) is 0 Å². The molecule has 0 bridgehead atoms. The molecule has 1 amide bonds. The second-order valence-corrected chi connectivity index (χ2v) is 6.22. The van der Waals surface area contributed by atoms with Gasteiger partial charge in [0.2, 0.25) is 0 Å². The fourth-order valence-electron chi connectivity index (χ4n) is 2.10. The minimum atomic E-state index is -0.807. The van der Waals surface area contributed by atoms with Crippen LogP contribution in [0, 0.1) is 5.92 Å². The number of aliphatic hydroxyl groups excluding tert-OH is 1. The normalized spacial score (nSPS) is 25.8. The number of carbonyl (C=O) groups is 2. The summed E-state index contributed by atoms with van der Waals surface area (Å²) in [6.07, 6.45) is 0.446. The molecule has 6 heteroatoms. The van der Waals surface area contributed by atoms with Crippen molar-refractivity contribution in [1.29, 1.82) is 0 Å². The zero-order chi connectivity index (χ0) is 16.2. The van der Waals surface area contributed by atoms with E-state index < -0.39 is 23.8 Å². The van der Waals surface area contributed by atoms with Gasteiger partial charge in [0.25, 0.3) is 0 Å². The lowest BCUT2D eigenvalue weighted by Crippen LogP contribution is -2.47. The predicted molar refractivity (Wildman–Crippen MR) is 77.7 cm³/mol. The van der Waals surface area contributed by atoms with Gasteiger partial charge in [0, 0.05) is 24.0 Å². The van der Waals surface area contributed by atoms with Crippen molar-refractivity contribution in [3.05, 3.63) is 11.6 Å². The van der Waals surface area contributed by atoms with Crippen LogP contribution < -0.4 is 5.32 Å². The van der Waals surface area contributed by atoms with Crippen molar-refractivity contribution in [2.24, 2.45) is 5.92 Å². The van der Waals surface area contributed by atoms with Gasteiger partial charge in [-0.1, -0.05) is 6.92 Å². The third-order valence-electron chi connectivity index (χ3n) is 3.22. The highest BCUT2D eigenvalue weighted by atomic mass is 16.6. The Kier molecular flexibility index (Phi) is 5.78. The second-order valence-electron chi connectivity index (χ2n) is 6.22. The molecular weight excluding hydrogens is 274 g/mol. The van der Waals surface area contributed by atoms with Crippen LogP contribution in [0.4, 0.5) is 4.79 Å². The molecule has 0 fully saturated rings. The molecule has 2 N–H and O–H groups in total. The smallest absolute Gasteiger partial charge is 0.407 e. The minimum Gasteiger partial charge on any atom is -0.463 e. The maximum Gasteiger partial charge on any atom is 0.407 e. The largest absolute Gasteiger partial charge is 0.463 e. The highest BCUT2D eigenvalue weighted by molar-refractivity contribution is 5.89. The van der Waals surface area contributed by atoms with Crippen LogP contribution in [0.1, 0.15) is 41.0 Å². The van der Waals surface area contributed by atoms with E-state index in [1.165, 1.54) is 6.08 Å². The topological polar surface area (TPSA) is 84.9 Å². The summed E-state index contributed by atoms with van der Waals surface area (Å²) in [5, 5.41) is 12.7. The Morgan fingerprint density at radius 1 is 1.43 bits per heavy atom. The third-order valence-corrected chi connectivity index (χ3v) is 3.22. The Hall–Kier alpha value is -1.56. The fourth-order valence-corrected chi connectivity index (χ4v) is 2.10. The van der Waals surface area contributed by atoms with Crippen LogP contribution in [0.5, 0.6) is 0 Å². The van der Waals surface area contributed by atoms with Gasteiger partial charge in [0.15, 0.2) is 0 Å². The van der Waals surface area contributed by atoms with Crippen molar-refractivity contribution in [2.75, 3.05) is 6.61 Å². The molecule has 0 saturated carbocycles. The number of hydrogen-bond acceptors (Lipinski definition) is 5. The maximum absolute atomic E-state index is 11.8. The number of carbonyl (C=O) groups excluding carboxylic acids is 2. The van der Waals surface area contributed by atoms with E-state index in [0.717, 1.165) is 0 Å². The van der Waals surface area contributed by atoms with Gasteiger partial charge in [-0.25, -0.2) is 9.59 Å². The summed E-state index contributed by atoms with van der Waals surface area (Å²) in [6, 6.07) is -0.376. The van der Waals surface area contributed by atoms with Crippen molar-refractivity contribution in [3.8, 4) is 0 Å². The highest BCUT2D eigenvalue weighted by Gasteiger charge is 2.33. The average molecular weight is 299 g/mol. The van der Waals surface area contributed by atoms with Crippen molar-refractivity contribution >= 4 is 12.1 Å². The molecule has 1 rings (SSSR count). The SMILES string of the molecule is CCOC(=O)C1=C[C@@H](O)[C@H](C)[C@@H](NC(=O)OC(C)(C)C)C1. The van der Waals surface area contributed by atoms with Gasteiger partial charge in [0.05, 0.1) is 12.7 Å². The first-order chi connectivity index (χ1) is 9.64. The average Bonchev–Trinajstić information content (AvgIpc) is 2.32. The number of amides is 1. The first-order valence-electron chi connectivity index (χ1n) is 7.19. The Balaban J connectivity index is 2.73. The second kappa shape index (κ2) is 6.93. The number of ether oxygens (including phenoxy) is 2. The van der Waals surface area contributed by atoms with Gasteiger partial charge in [-0.15, -0.1) is 0 Å². The number of aliphatic hydroxyl groups is 1. The van der Waals surface area contributed by atoms with E-state index in [4.69, 9.17) is 9.47 Å². The van der Waals surface area contributed by atoms with Gasteiger partial charge >= 0.3 is 12.1 Å². The van der Waals surface area contributed by atoms with Crippen LogP contribution in [0.15, 0.2) is 11.6 Å². The monoisotopic (exact) mass is 299 g/mol. The molecule has 0 radical (unpaired) electrons. The lowest BCUT2D eigenvalue weighted by Gasteiger charge is -2.33. The highest BCUT2D eigenvalue weighted by Crippen LogP contribution is 2.25. The summed E-state index contributed by atoms with van der Waals surface area (Å²) in [5.41, 5.74) is -0.219. The van der Waals surface area contributed by atoms with Crippen LogP contribution in [-0.4, -0.2) is 41.5 Å². The van der Waals surface area contributed by atoms with Gasteiger partial charge < -0.3 is 19.9 Å². The Morgan fingerprint density at radius 3 is 2.57 bits per heavy atom. The van der Waals surface area contributed by atoms with E-state index >= 15 is 0 Å². The fraction of sp³-hybridized carbons (Fsp3) is 0.733. The molecular formula is C15H25NO5. The lowest BCUT2D eigenvalue weighted by atomic mass is 9.84. The number of hydrogen-bond donors (Lipinski definition) is 2. The maximum atomic E-state index is 11.8. The van der Waals surface area contributed by atoms with Gasteiger partial charge in [-0.2, -0.15) is 0 Å². The molecule has 0 aromatic carbocycles. The van der Waals surface area contributed by atoms with E-state index in [1.807, 2.05) is 6.92 Å². The first kappa shape index (κ1) is 17.5. The molecule has 1 aliphatic carbocycles. The zero-order valence-electron chi connectivity index (χ0n) is 13.3. The molecule has 3 atom stereocenters. The summed E-state index contributed by atoms with van der Waals surface area (Å²) in [7, 11) is 0. The Bertz CT molecular complexity index is 424. The minimum absolute atomic E-state index is 0.212. The molecule has 0 aromatic rings. The molecule has 0 aliphatic heterocycles. The van der Waals surface area contributed by atoms with Gasteiger partial charge in [-0.3, -0.25) is 0 Å². The van der Waals surface area contributed by atoms with Crippen LogP contribution in [-0.2, 0) is 14.3 Å². The Labute approximate surface area is 125 Å². The molecule has 21 heavy (non-hydrogen) atoms. The van der Waals surface area contributed by atoms with Gasteiger partial charge in [-0.05, 0) is 33.8 Å². The van der Waals surface area contributed by atoms with Gasteiger partial charge in [0.1, 0.15) is 5.60 Å².